The van der Waals surface area contributed by atoms with E-state index in [1.165, 1.54) is 24.2 Å². The number of rotatable bonds is 3. The standard InChI is InChI=1S/C14H19NOS/c1-11-4-2-6-13(8-11)15-14(16)9-12-5-3-7-17-10-12/h2,4,6,8,12H,3,5,7,9-10H2,1H3,(H,15,16). The second kappa shape index (κ2) is 6.10. The summed E-state index contributed by atoms with van der Waals surface area (Å²) < 4.78 is 0. The van der Waals surface area contributed by atoms with E-state index in [9.17, 15) is 4.79 Å². The molecule has 2 nitrogen and oxygen atoms in total. The number of carbonyl (C=O) groups excluding carboxylic acids is 1. The van der Waals surface area contributed by atoms with Gasteiger partial charge in [-0.3, -0.25) is 4.79 Å². The van der Waals surface area contributed by atoms with Crippen LogP contribution in [-0.4, -0.2) is 17.4 Å². The van der Waals surface area contributed by atoms with Crippen LogP contribution in [0.3, 0.4) is 0 Å². The van der Waals surface area contributed by atoms with Crippen molar-refractivity contribution in [2.45, 2.75) is 26.2 Å². The first-order valence-corrected chi connectivity index (χ1v) is 7.34. The zero-order valence-corrected chi connectivity index (χ0v) is 11.1. The SMILES string of the molecule is Cc1cccc(NC(=O)CC2CCCSC2)c1. The molecule has 1 amide bonds. The van der Waals surface area contributed by atoms with Gasteiger partial charge in [0.25, 0.3) is 0 Å². The first kappa shape index (κ1) is 12.5. The summed E-state index contributed by atoms with van der Waals surface area (Å²) in [5.74, 6) is 3.12. The van der Waals surface area contributed by atoms with Crippen LogP contribution in [0.5, 0.6) is 0 Å². The van der Waals surface area contributed by atoms with Crippen molar-refractivity contribution in [2.75, 3.05) is 16.8 Å². The third kappa shape index (κ3) is 4.08. The fourth-order valence-electron chi connectivity index (χ4n) is 2.17. The summed E-state index contributed by atoms with van der Waals surface area (Å²) in [6, 6.07) is 7.96. The lowest BCUT2D eigenvalue weighted by molar-refractivity contribution is -0.117. The van der Waals surface area contributed by atoms with Gasteiger partial charge in [-0.25, -0.2) is 0 Å². The molecule has 1 fully saturated rings. The van der Waals surface area contributed by atoms with Gasteiger partial charge < -0.3 is 5.32 Å². The first-order valence-electron chi connectivity index (χ1n) is 6.18. The summed E-state index contributed by atoms with van der Waals surface area (Å²) in [5.41, 5.74) is 2.09. The molecule has 0 saturated carbocycles. The van der Waals surface area contributed by atoms with Crippen molar-refractivity contribution in [3.63, 3.8) is 0 Å². The van der Waals surface area contributed by atoms with Crippen LogP contribution in [0.4, 0.5) is 5.69 Å². The normalized spacial score (nSPS) is 19.9. The molecule has 3 heteroatoms. The predicted molar refractivity (Wildman–Crippen MR) is 74.5 cm³/mol. The molecule has 2 rings (SSSR count). The maximum absolute atomic E-state index is 11.9. The molecular weight excluding hydrogens is 230 g/mol. The number of carbonyl (C=O) groups is 1. The van der Waals surface area contributed by atoms with E-state index in [1.54, 1.807) is 0 Å². The molecule has 1 heterocycles. The van der Waals surface area contributed by atoms with E-state index in [2.05, 4.69) is 5.32 Å². The summed E-state index contributed by atoms with van der Waals surface area (Å²) in [6.45, 7) is 2.04. The van der Waals surface area contributed by atoms with Crippen LogP contribution in [0, 0.1) is 12.8 Å². The van der Waals surface area contributed by atoms with E-state index in [-0.39, 0.29) is 5.91 Å². The van der Waals surface area contributed by atoms with Gasteiger partial charge >= 0.3 is 0 Å². The Kier molecular flexibility index (Phi) is 4.49. The molecule has 92 valence electrons. The minimum Gasteiger partial charge on any atom is -0.326 e. The van der Waals surface area contributed by atoms with Gasteiger partial charge in [0.15, 0.2) is 0 Å². The number of aryl methyl sites for hydroxylation is 1. The molecule has 1 unspecified atom stereocenters. The van der Waals surface area contributed by atoms with Crippen molar-refractivity contribution in [3.8, 4) is 0 Å². The Morgan fingerprint density at radius 3 is 3.12 bits per heavy atom. The molecule has 1 N–H and O–H groups in total. The fourth-order valence-corrected chi connectivity index (χ4v) is 3.32. The van der Waals surface area contributed by atoms with E-state index in [0.717, 1.165) is 11.4 Å². The lowest BCUT2D eigenvalue weighted by Crippen LogP contribution is -2.20. The van der Waals surface area contributed by atoms with E-state index >= 15 is 0 Å². The highest BCUT2D eigenvalue weighted by molar-refractivity contribution is 7.99. The average Bonchev–Trinajstić information content (AvgIpc) is 2.30. The molecule has 0 spiro atoms. The van der Waals surface area contributed by atoms with Crippen molar-refractivity contribution in [3.05, 3.63) is 29.8 Å². The van der Waals surface area contributed by atoms with E-state index in [4.69, 9.17) is 0 Å². The molecule has 1 atom stereocenters. The van der Waals surface area contributed by atoms with Crippen LogP contribution in [0.25, 0.3) is 0 Å². The second-order valence-electron chi connectivity index (χ2n) is 4.70. The minimum absolute atomic E-state index is 0.156. The highest BCUT2D eigenvalue weighted by atomic mass is 32.2. The number of thioether (sulfide) groups is 1. The van der Waals surface area contributed by atoms with Crippen molar-refractivity contribution in [2.24, 2.45) is 5.92 Å². The second-order valence-corrected chi connectivity index (χ2v) is 5.85. The van der Waals surface area contributed by atoms with Crippen LogP contribution < -0.4 is 5.32 Å². The third-order valence-electron chi connectivity index (χ3n) is 3.03. The van der Waals surface area contributed by atoms with E-state index < -0.39 is 0 Å². The number of benzene rings is 1. The molecule has 1 aliphatic rings. The zero-order valence-electron chi connectivity index (χ0n) is 10.2. The summed E-state index contributed by atoms with van der Waals surface area (Å²) in [7, 11) is 0. The van der Waals surface area contributed by atoms with Crippen LogP contribution in [-0.2, 0) is 4.79 Å². The Morgan fingerprint density at radius 2 is 2.41 bits per heavy atom. The smallest absolute Gasteiger partial charge is 0.224 e. The van der Waals surface area contributed by atoms with Crippen molar-refractivity contribution < 1.29 is 4.79 Å². The van der Waals surface area contributed by atoms with Crippen molar-refractivity contribution in [1.82, 2.24) is 0 Å². The number of hydrogen-bond donors (Lipinski definition) is 1. The van der Waals surface area contributed by atoms with Crippen LogP contribution in [0.15, 0.2) is 24.3 Å². The third-order valence-corrected chi connectivity index (χ3v) is 4.31. The van der Waals surface area contributed by atoms with Gasteiger partial charge in [-0.05, 0) is 54.9 Å². The largest absolute Gasteiger partial charge is 0.326 e. The molecule has 1 aromatic rings. The van der Waals surface area contributed by atoms with Crippen LogP contribution in [0.2, 0.25) is 0 Å². The Balaban J connectivity index is 1.84. The quantitative estimate of drug-likeness (QED) is 0.888. The summed E-state index contributed by atoms with van der Waals surface area (Å²) >= 11 is 1.97. The first-order chi connectivity index (χ1) is 8.24. The number of amides is 1. The molecule has 0 aliphatic carbocycles. The monoisotopic (exact) mass is 249 g/mol. The molecule has 17 heavy (non-hydrogen) atoms. The van der Waals surface area contributed by atoms with Crippen LogP contribution in [0.1, 0.15) is 24.8 Å². The molecular formula is C14H19NOS. The highest BCUT2D eigenvalue weighted by Crippen LogP contribution is 2.25. The van der Waals surface area contributed by atoms with Crippen LogP contribution >= 0.6 is 11.8 Å². The van der Waals surface area contributed by atoms with E-state index in [0.29, 0.717) is 12.3 Å². The van der Waals surface area contributed by atoms with Gasteiger partial charge in [-0.15, -0.1) is 0 Å². The number of anilines is 1. The highest BCUT2D eigenvalue weighted by Gasteiger charge is 2.17. The molecule has 0 bridgehead atoms. The lowest BCUT2D eigenvalue weighted by atomic mass is 10.0. The number of hydrogen-bond acceptors (Lipinski definition) is 2. The topological polar surface area (TPSA) is 29.1 Å². The predicted octanol–water partition coefficient (Wildman–Crippen LogP) is 3.47. The van der Waals surface area contributed by atoms with Crippen molar-refractivity contribution in [1.29, 1.82) is 0 Å². The Labute approximate surface area is 107 Å². The van der Waals surface area contributed by atoms with Gasteiger partial charge in [0.05, 0.1) is 0 Å². The molecule has 1 aromatic carbocycles. The maximum atomic E-state index is 11.9. The molecule has 0 aromatic heterocycles. The lowest BCUT2D eigenvalue weighted by Gasteiger charge is -2.20. The summed E-state index contributed by atoms with van der Waals surface area (Å²) in [4.78, 5) is 11.9. The van der Waals surface area contributed by atoms with Gasteiger partial charge in [0.1, 0.15) is 0 Å². The van der Waals surface area contributed by atoms with Crippen molar-refractivity contribution >= 4 is 23.4 Å². The molecule has 1 aliphatic heterocycles. The van der Waals surface area contributed by atoms with Gasteiger partial charge in [0, 0.05) is 12.1 Å². The minimum atomic E-state index is 0.156. The Bertz CT molecular complexity index is 386. The van der Waals surface area contributed by atoms with Gasteiger partial charge in [0.2, 0.25) is 5.91 Å². The summed E-state index contributed by atoms with van der Waals surface area (Å²) in [6.07, 6.45) is 3.13. The Morgan fingerprint density at radius 1 is 1.53 bits per heavy atom. The van der Waals surface area contributed by atoms with Gasteiger partial charge in [-0.1, -0.05) is 12.1 Å². The zero-order chi connectivity index (χ0) is 12.1. The molecule has 1 saturated heterocycles. The molecule has 0 radical (unpaired) electrons. The summed E-state index contributed by atoms with van der Waals surface area (Å²) in [5, 5.41) is 2.98. The van der Waals surface area contributed by atoms with E-state index in [1.807, 2.05) is 43.0 Å². The van der Waals surface area contributed by atoms with Gasteiger partial charge in [-0.2, -0.15) is 11.8 Å². The fraction of sp³-hybridized carbons (Fsp3) is 0.500. The Hall–Kier alpha value is -0.960. The maximum Gasteiger partial charge on any atom is 0.224 e. The average molecular weight is 249 g/mol. The number of nitrogens with one attached hydrogen (secondary N) is 1.